The van der Waals surface area contributed by atoms with Crippen LogP contribution in [0.5, 0.6) is 0 Å². The fourth-order valence-electron chi connectivity index (χ4n) is 8.14. The molecule has 4 aliphatic carbocycles. The highest BCUT2D eigenvalue weighted by atomic mass is 16.6. The fourth-order valence-corrected chi connectivity index (χ4v) is 8.14. The van der Waals surface area contributed by atoms with E-state index in [4.69, 9.17) is 9.68 Å². The van der Waals surface area contributed by atoms with E-state index in [9.17, 15) is 5.11 Å². The lowest BCUT2D eigenvalue weighted by molar-refractivity contribution is -0.198. The van der Waals surface area contributed by atoms with E-state index in [0.29, 0.717) is 42.3 Å². The van der Waals surface area contributed by atoms with Crippen LogP contribution in [0.4, 0.5) is 0 Å². The maximum absolute atomic E-state index is 12.3. The first-order chi connectivity index (χ1) is 16.6. The summed E-state index contributed by atoms with van der Waals surface area (Å²) in [7, 11) is 8.20. The molecule has 4 rings (SSSR count). The minimum absolute atomic E-state index is 0.104. The van der Waals surface area contributed by atoms with Gasteiger partial charge in [0.15, 0.2) is 0 Å². The summed E-state index contributed by atoms with van der Waals surface area (Å²) in [6.07, 6.45) is 11.8. The van der Waals surface area contributed by atoms with E-state index in [-0.39, 0.29) is 5.41 Å². The average Bonchev–Trinajstić information content (AvgIpc) is 3.07. The molecule has 0 amide bonds. The van der Waals surface area contributed by atoms with Crippen LogP contribution < -0.4 is 0 Å². The van der Waals surface area contributed by atoms with Crippen molar-refractivity contribution in [2.24, 2.45) is 44.8 Å². The molecule has 4 saturated carbocycles. The Hall–Kier alpha value is -1.18. The lowest BCUT2D eigenvalue weighted by Gasteiger charge is -2.63. The number of aliphatic hydroxyl groups is 1. The summed E-state index contributed by atoms with van der Waals surface area (Å²) in [6.45, 7) is 7.87. The van der Waals surface area contributed by atoms with Crippen molar-refractivity contribution in [1.82, 2.24) is 9.80 Å². The van der Waals surface area contributed by atoms with Crippen molar-refractivity contribution in [3.63, 3.8) is 0 Å². The summed E-state index contributed by atoms with van der Waals surface area (Å²) < 4.78 is 0. The van der Waals surface area contributed by atoms with Crippen molar-refractivity contribution in [2.45, 2.75) is 77.2 Å². The second-order valence-electron chi connectivity index (χ2n) is 12.9. The first kappa shape index (κ1) is 26.9. The molecule has 0 spiro atoms. The third-order valence-corrected chi connectivity index (χ3v) is 10.5. The van der Waals surface area contributed by atoms with E-state index in [1.165, 1.54) is 25.0 Å². The Bertz CT molecular complexity index is 786. The van der Waals surface area contributed by atoms with Crippen molar-refractivity contribution >= 4 is 11.9 Å². The second-order valence-corrected chi connectivity index (χ2v) is 12.9. The molecule has 0 aromatic rings. The predicted molar refractivity (Wildman–Crippen MR) is 142 cm³/mol. The quantitative estimate of drug-likeness (QED) is 0.297. The highest BCUT2D eigenvalue weighted by Crippen LogP contribution is 2.68. The monoisotopic (exact) mass is 490 g/mol. The molecule has 0 saturated heterocycles. The van der Waals surface area contributed by atoms with Gasteiger partial charge in [-0.05, 0) is 109 Å². The second kappa shape index (κ2) is 10.7. The maximum Gasteiger partial charge on any atom is 0.129 e. The van der Waals surface area contributed by atoms with E-state index in [1.54, 1.807) is 0 Å². The molecule has 0 aromatic carbocycles. The summed E-state index contributed by atoms with van der Waals surface area (Å²) in [4.78, 5) is 15.4. The van der Waals surface area contributed by atoms with Gasteiger partial charge in [-0.25, -0.2) is 0 Å². The summed E-state index contributed by atoms with van der Waals surface area (Å²) in [5, 5.41) is 21.2. The van der Waals surface area contributed by atoms with E-state index < -0.39 is 5.60 Å². The number of likely N-dealkylation sites (N-methyl/N-ethyl adjacent to an activating group) is 2. The zero-order chi connectivity index (χ0) is 25.3. The molecule has 7 heteroatoms. The van der Waals surface area contributed by atoms with E-state index >= 15 is 0 Å². The third-order valence-electron chi connectivity index (χ3n) is 10.5. The molecule has 0 bridgehead atoms. The normalized spacial score (nSPS) is 42.4. The van der Waals surface area contributed by atoms with Gasteiger partial charge in [-0.15, -0.1) is 0 Å². The van der Waals surface area contributed by atoms with Crippen molar-refractivity contribution in [2.75, 3.05) is 54.5 Å². The molecule has 7 nitrogen and oxygen atoms in total. The summed E-state index contributed by atoms with van der Waals surface area (Å²) in [5.41, 5.74) is 0.848. The Morgan fingerprint density at radius 2 is 1.63 bits per heavy atom. The fraction of sp³-hybridized carbons (Fsp3) is 0.929. The van der Waals surface area contributed by atoms with Crippen molar-refractivity contribution in [3.8, 4) is 0 Å². The number of oxime groups is 2. The predicted octanol–water partition coefficient (Wildman–Crippen LogP) is 4.26. The van der Waals surface area contributed by atoms with Gasteiger partial charge in [-0.2, -0.15) is 0 Å². The number of nitrogens with zero attached hydrogens (tertiary/aromatic N) is 4. The van der Waals surface area contributed by atoms with Crippen LogP contribution in [0.2, 0.25) is 0 Å². The van der Waals surface area contributed by atoms with Crippen molar-refractivity contribution in [1.29, 1.82) is 0 Å². The molecule has 0 heterocycles. The zero-order valence-corrected chi connectivity index (χ0v) is 23.1. The van der Waals surface area contributed by atoms with Gasteiger partial charge < -0.3 is 24.6 Å². The van der Waals surface area contributed by atoms with E-state index in [0.717, 1.165) is 51.6 Å². The molecule has 4 fully saturated rings. The Balaban J connectivity index is 1.40. The topological polar surface area (TPSA) is 69.9 Å². The van der Waals surface area contributed by atoms with Crippen LogP contribution in [0.3, 0.4) is 0 Å². The number of hydrogen-bond donors (Lipinski definition) is 1. The molecule has 35 heavy (non-hydrogen) atoms. The van der Waals surface area contributed by atoms with Crippen LogP contribution in [0.1, 0.15) is 71.6 Å². The molecular weight excluding hydrogens is 440 g/mol. The molecular formula is C28H50N4O3. The van der Waals surface area contributed by atoms with Gasteiger partial charge in [-0.3, -0.25) is 0 Å². The smallest absolute Gasteiger partial charge is 0.129 e. The molecule has 0 aromatic heterocycles. The molecule has 1 N–H and O–H groups in total. The molecule has 0 radical (unpaired) electrons. The highest BCUT2D eigenvalue weighted by Gasteiger charge is 2.66. The largest absolute Gasteiger partial charge is 0.395 e. The van der Waals surface area contributed by atoms with Gasteiger partial charge in [0.2, 0.25) is 0 Å². The molecule has 0 aliphatic heterocycles. The van der Waals surface area contributed by atoms with E-state index in [1.807, 2.05) is 20.3 Å². The van der Waals surface area contributed by atoms with Crippen molar-refractivity contribution in [3.05, 3.63) is 0 Å². The number of rotatable bonds is 9. The minimum Gasteiger partial charge on any atom is -0.395 e. The summed E-state index contributed by atoms with van der Waals surface area (Å²) in [5.74, 6) is 1.95. The molecule has 7 atom stereocenters. The number of fused-ring (bicyclic) bond motifs is 5. The molecule has 200 valence electrons. The van der Waals surface area contributed by atoms with Gasteiger partial charge in [0.1, 0.15) is 13.2 Å². The lowest BCUT2D eigenvalue weighted by atomic mass is 9.43. The van der Waals surface area contributed by atoms with E-state index in [2.05, 4.69) is 48.1 Å². The van der Waals surface area contributed by atoms with Gasteiger partial charge in [0.05, 0.1) is 11.3 Å². The van der Waals surface area contributed by atoms with Crippen LogP contribution in [-0.2, 0) is 9.68 Å². The van der Waals surface area contributed by atoms with Crippen LogP contribution in [0, 0.1) is 34.5 Å². The summed E-state index contributed by atoms with van der Waals surface area (Å²) >= 11 is 0. The Kier molecular flexibility index (Phi) is 8.19. The van der Waals surface area contributed by atoms with Gasteiger partial charge in [0.25, 0.3) is 0 Å². The van der Waals surface area contributed by atoms with Gasteiger partial charge in [-0.1, -0.05) is 24.2 Å². The first-order valence-electron chi connectivity index (χ1n) is 13.9. The van der Waals surface area contributed by atoms with Gasteiger partial charge >= 0.3 is 0 Å². The Labute approximate surface area is 213 Å². The Morgan fingerprint density at radius 1 is 0.914 bits per heavy atom. The Morgan fingerprint density at radius 3 is 2.34 bits per heavy atom. The van der Waals surface area contributed by atoms with Crippen LogP contribution in [-0.4, -0.2) is 86.9 Å². The summed E-state index contributed by atoms with van der Waals surface area (Å²) in [6, 6.07) is 0. The molecule has 0 unspecified atom stereocenters. The highest BCUT2D eigenvalue weighted by molar-refractivity contribution is 5.85. The third kappa shape index (κ3) is 5.15. The van der Waals surface area contributed by atoms with Crippen LogP contribution in [0.25, 0.3) is 0 Å². The first-order valence-corrected chi connectivity index (χ1v) is 13.9. The minimum atomic E-state index is -0.589. The maximum atomic E-state index is 12.3. The average molecular weight is 491 g/mol. The zero-order valence-electron chi connectivity index (χ0n) is 23.1. The standard InChI is InChI=1S/C28H50N4O3/c1-26-12-10-23(30-35-18-16-32(5)6)19-21(26)7-8-25-24(26)11-13-27(2)22(9-14-28(25,27)33)20-29-34-17-15-31(3)4/h20-22,24-25,33H,7-19H2,1-6H3/b29-20+,30-23?/t21-,22-,24+,25-,26+,27-,28+/m1/s1. The molecule has 4 aliphatic rings. The SMILES string of the molecule is CN(C)CCON=C1CC[C@@]2(C)[C@H](CC[C@@H]3[C@@H]2CC[C@]2(C)[C@@H](/C=N/OCCN(C)C)CC[C@]32O)C1. The van der Waals surface area contributed by atoms with Crippen LogP contribution >= 0.6 is 0 Å². The van der Waals surface area contributed by atoms with Gasteiger partial charge in [0, 0.05) is 30.6 Å². The van der Waals surface area contributed by atoms with Crippen LogP contribution in [0.15, 0.2) is 10.3 Å². The lowest BCUT2D eigenvalue weighted by Crippen LogP contribution is -2.62. The van der Waals surface area contributed by atoms with Crippen molar-refractivity contribution < 1.29 is 14.8 Å². The number of hydrogen-bond acceptors (Lipinski definition) is 7.